The zero-order valence-electron chi connectivity index (χ0n) is 10.7. The van der Waals surface area contributed by atoms with Crippen LogP contribution in [0.3, 0.4) is 0 Å². The molecule has 0 aromatic carbocycles. The highest BCUT2D eigenvalue weighted by atomic mass is 16.5. The minimum absolute atomic E-state index is 0.165. The number of carbonyl (C=O) groups is 1. The molecule has 2 rings (SSSR count). The van der Waals surface area contributed by atoms with Gasteiger partial charge in [-0.3, -0.25) is 4.79 Å². The summed E-state index contributed by atoms with van der Waals surface area (Å²) in [7, 11) is 0. The van der Waals surface area contributed by atoms with Gasteiger partial charge in [-0.2, -0.15) is 0 Å². The van der Waals surface area contributed by atoms with E-state index in [1.54, 1.807) is 0 Å². The highest BCUT2D eigenvalue weighted by Gasteiger charge is 2.28. The molecule has 0 bridgehead atoms. The van der Waals surface area contributed by atoms with Gasteiger partial charge < -0.3 is 15.4 Å². The molecule has 4 heteroatoms. The molecular weight excluding hydrogens is 216 g/mol. The molecule has 0 aromatic heterocycles. The Labute approximate surface area is 103 Å². The number of amides is 1. The molecule has 98 valence electrons. The van der Waals surface area contributed by atoms with Gasteiger partial charge in [-0.25, -0.2) is 0 Å². The van der Waals surface area contributed by atoms with Crippen molar-refractivity contribution < 1.29 is 9.53 Å². The molecule has 0 spiro atoms. The molecule has 2 saturated heterocycles. The largest absolute Gasteiger partial charge is 0.378 e. The normalized spacial score (nSPS) is 31.5. The summed E-state index contributed by atoms with van der Waals surface area (Å²) in [5.41, 5.74) is 5.93. The van der Waals surface area contributed by atoms with Crippen LogP contribution in [0.2, 0.25) is 0 Å². The predicted octanol–water partition coefficient (Wildman–Crippen LogP) is 1.14. The van der Waals surface area contributed by atoms with Crippen molar-refractivity contribution in [1.82, 2.24) is 4.90 Å². The lowest BCUT2D eigenvalue weighted by Gasteiger charge is -2.35. The number of hydrogen-bond donors (Lipinski definition) is 1. The van der Waals surface area contributed by atoms with Crippen LogP contribution in [0.25, 0.3) is 0 Å². The van der Waals surface area contributed by atoms with E-state index in [1.165, 1.54) is 0 Å². The van der Waals surface area contributed by atoms with Gasteiger partial charge in [0.2, 0.25) is 5.91 Å². The second-order valence-corrected chi connectivity index (χ2v) is 5.44. The summed E-state index contributed by atoms with van der Waals surface area (Å²) in [6, 6.07) is 0.188. The van der Waals surface area contributed by atoms with Gasteiger partial charge in [0.25, 0.3) is 0 Å². The molecule has 2 aliphatic rings. The van der Waals surface area contributed by atoms with Crippen molar-refractivity contribution in [1.29, 1.82) is 0 Å². The Balaban J connectivity index is 1.81. The molecule has 2 fully saturated rings. The Morgan fingerprint density at radius 1 is 1.47 bits per heavy atom. The number of likely N-dealkylation sites (tertiary alicyclic amines) is 1. The summed E-state index contributed by atoms with van der Waals surface area (Å²) in [6.07, 6.45) is 5.10. The molecule has 0 saturated carbocycles. The summed E-state index contributed by atoms with van der Waals surface area (Å²) in [5.74, 6) is 0.722. The van der Waals surface area contributed by atoms with Crippen LogP contribution in [0.15, 0.2) is 0 Å². The number of carbonyl (C=O) groups excluding carboxylic acids is 1. The molecule has 3 unspecified atom stereocenters. The molecular formula is C13H24N2O2. The maximum atomic E-state index is 12.1. The maximum Gasteiger partial charge on any atom is 0.225 e. The zero-order chi connectivity index (χ0) is 12.3. The minimum Gasteiger partial charge on any atom is -0.378 e. The Hall–Kier alpha value is -0.610. The maximum absolute atomic E-state index is 12.1. The first kappa shape index (κ1) is 12.8. The van der Waals surface area contributed by atoms with E-state index >= 15 is 0 Å². The number of rotatable bonds is 3. The second kappa shape index (κ2) is 5.83. The Morgan fingerprint density at radius 3 is 2.94 bits per heavy atom. The monoisotopic (exact) mass is 240 g/mol. The van der Waals surface area contributed by atoms with Crippen LogP contribution in [0.1, 0.15) is 39.0 Å². The number of nitrogens with zero attached hydrogens (tertiary/aromatic N) is 1. The lowest BCUT2D eigenvalue weighted by atomic mass is 9.92. The third kappa shape index (κ3) is 3.42. The number of piperidine rings is 1. The van der Waals surface area contributed by atoms with E-state index in [0.29, 0.717) is 12.3 Å². The molecule has 4 nitrogen and oxygen atoms in total. The lowest BCUT2D eigenvalue weighted by molar-refractivity contribution is -0.135. The lowest BCUT2D eigenvalue weighted by Crippen LogP contribution is -2.45. The van der Waals surface area contributed by atoms with Crippen molar-refractivity contribution in [2.24, 2.45) is 11.7 Å². The molecule has 0 radical (unpaired) electrons. The van der Waals surface area contributed by atoms with E-state index in [0.717, 1.165) is 45.4 Å². The van der Waals surface area contributed by atoms with Gasteiger partial charge in [0.15, 0.2) is 0 Å². The van der Waals surface area contributed by atoms with E-state index in [4.69, 9.17) is 10.5 Å². The van der Waals surface area contributed by atoms with E-state index < -0.39 is 0 Å². The van der Waals surface area contributed by atoms with Crippen LogP contribution in [0.4, 0.5) is 0 Å². The van der Waals surface area contributed by atoms with E-state index in [9.17, 15) is 4.79 Å². The smallest absolute Gasteiger partial charge is 0.225 e. The molecule has 0 aliphatic carbocycles. The van der Waals surface area contributed by atoms with Gasteiger partial charge in [0, 0.05) is 25.7 Å². The van der Waals surface area contributed by atoms with Gasteiger partial charge in [0.1, 0.15) is 0 Å². The molecule has 1 amide bonds. The van der Waals surface area contributed by atoms with Gasteiger partial charge in [-0.15, -0.1) is 0 Å². The van der Waals surface area contributed by atoms with Crippen molar-refractivity contribution in [3.05, 3.63) is 0 Å². The summed E-state index contributed by atoms with van der Waals surface area (Å²) >= 11 is 0. The van der Waals surface area contributed by atoms with Gasteiger partial charge >= 0.3 is 0 Å². The van der Waals surface area contributed by atoms with Crippen molar-refractivity contribution in [2.45, 2.75) is 51.2 Å². The van der Waals surface area contributed by atoms with E-state index in [1.807, 2.05) is 11.8 Å². The first-order valence-corrected chi connectivity index (χ1v) is 6.82. The molecule has 2 N–H and O–H groups in total. The van der Waals surface area contributed by atoms with Crippen molar-refractivity contribution in [3.63, 3.8) is 0 Å². The summed E-state index contributed by atoms with van der Waals surface area (Å²) in [5, 5.41) is 0. The van der Waals surface area contributed by atoms with Crippen LogP contribution >= 0.6 is 0 Å². The van der Waals surface area contributed by atoms with Crippen LogP contribution < -0.4 is 5.73 Å². The highest BCUT2D eigenvalue weighted by Crippen LogP contribution is 2.21. The van der Waals surface area contributed by atoms with E-state index in [-0.39, 0.29) is 18.1 Å². The topological polar surface area (TPSA) is 55.6 Å². The van der Waals surface area contributed by atoms with Crippen LogP contribution in [-0.2, 0) is 9.53 Å². The average molecular weight is 240 g/mol. The van der Waals surface area contributed by atoms with Crippen LogP contribution in [0.5, 0.6) is 0 Å². The first-order valence-electron chi connectivity index (χ1n) is 6.82. The number of nitrogens with two attached hydrogens (primary N) is 1. The molecule has 17 heavy (non-hydrogen) atoms. The molecule has 2 heterocycles. The van der Waals surface area contributed by atoms with Crippen LogP contribution in [-0.4, -0.2) is 42.6 Å². The highest BCUT2D eigenvalue weighted by molar-refractivity contribution is 5.76. The summed E-state index contributed by atoms with van der Waals surface area (Å²) < 4.78 is 5.52. The quantitative estimate of drug-likeness (QED) is 0.805. The summed E-state index contributed by atoms with van der Waals surface area (Å²) in [4.78, 5) is 14.1. The van der Waals surface area contributed by atoms with Gasteiger partial charge in [-0.05, 0) is 38.5 Å². The SMILES string of the molecule is CC(N)C1CCCN(C(=O)CC2CCCO2)C1. The first-order chi connectivity index (χ1) is 8.16. The second-order valence-electron chi connectivity index (χ2n) is 5.44. The zero-order valence-corrected chi connectivity index (χ0v) is 10.7. The number of ether oxygens (including phenoxy) is 1. The van der Waals surface area contributed by atoms with Gasteiger partial charge in [-0.1, -0.05) is 0 Å². The van der Waals surface area contributed by atoms with Crippen LogP contribution in [0, 0.1) is 5.92 Å². The predicted molar refractivity (Wildman–Crippen MR) is 66.5 cm³/mol. The average Bonchev–Trinajstić information content (AvgIpc) is 2.82. The minimum atomic E-state index is 0.165. The summed E-state index contributed by atoms with van der Waals surface area (Å²) in [6.45, 7) is 4.59. The molecule has 3 atom stereocenters. The fourth-order valence-corrected chi connectivity index (χ4v) is 2.79. The van der Waals surface area contributed by atoms with Crippen molar-refractivity contribution in [3.8, 4) is 0 Å². The van der Waals surface area contributed by atoms with Gasteiger partial charge in [0.05, 0.1) is 12.5 Å². The van der Waals surface area contributed by atoms with E-state index in [2.05, 4.69) is 0 Å². The number of hydrogen-bond acceptors (Lipinski definition) is 3. The van der Waals surface area contributed by atoms with Crippen molar-refractivity contribution >= 4 is 5.91 Å². The fraction of sp³-hybridized carbons (Fsp3) is 0.923. The Kier molecular flexibility index (Phi) is 4.40. The fourth-order valence-electron chi connectivity index (χ4n) is 2.79. The third-order valence-electron chi connectivity index (χ3n) is 3.98. The third-order valence-corrected chi connectivity index (χ3v) is 3.98. The van der Waals surface area contributed by atoms with Crippen molar-refractivity contribution in [2.75, 3.05) is 19.7 Å². The molecule has 0 aromatic rings. The Bertz CT molecular complexity index is 262. The molecule has 2 aliphatic heterocycles. The standard InChI is InChI=1S/C13H24N2O2/c1-10(14)11-4-2-6-15(9-11)13(16)8-12-5-3-7-17-12/h10-12H,2-9,14H2,1H3. The Morgan fingerprint density at radius 2 is 2.29 bits per heavy atom.